The molecule has 0 radical (unpaired) electrons. The molecule has 1 aromatic heterocycles. The number of nitrogens with two attached hydrogens (primary N) is 1. The third-order valence-electron chi connectivity index (χ3n) is 2.97. The van der Waals surface area contributed by atoms with Crippen molar-refractivity contribution in [3.8, 4) is 0 Å². The Morgan fingerprint density at radius 2 is 2.00 bits per heavy atom. The molecule has 2 amide bonds. The number of anilines is 1. The molecule has 0 saturated heterocycles. The molecule has 6 heteroatoms. The number of carbonyl (C=O) groups excluding carboxylic acids is 2. The molecule has 0 aromatic carbocycles. The summed E-state index contributed by atoms with van der Waals surface area (Å²) >= 11 is 0. The number of pyridine rings is 1. The Bertz CT molecular complexity index is 526. The molecule has 0 saturated carbocycles. The summed E-state index contributed by atoms with van der Waals surface area (Å²) < 4.78 is 0. The Morgan fingerprint density at radius 3 is 2.52 bits per heavy atom. The van der Waals surface area contributed by atoms with E-state index < -0.39 is 11.4 Å². The third kappa shape index (κ3) is 5.41. The Balaban J connectivity index is 2.95. The molecule has 1 aromatic rings. The van der Waals surface area contributed by atoms with E-state index >= 15 is 0 Å². The molecule has 0 atom stereocenters. The van der Waals surface area contributed by atoms with Crippen LogP contribution in [0.5, 0.6) is 0 Å². The first kappa shape index (κ1) is 16.9. The number of amides is 2. The Labute approximate surface area is 125 Å². The van der Waals surface area contributed by atoms with E-state index in [0.717, 1.165) is 18.5 Å². The molecule has 1 rings (SSSR count). The summed E-state index contributed by atoms with van der Waals surface area (Å²) in [6.45, 7) is 5.59. The molecule has 21 heavy (non-hydrogen) atoms. The van der Waals surface area contributed by atoms with Crippen LogP contribution < -0.4 is 16.4 Å². The van der Waals surface area contributed by atoms with Gasteiger partial charge in [0.25, 0.3) is 5.91 Å². The largest absolute Gasteiger partial charge is 0.373 e. The maximum Gasteiger partial charge on any atom is 0.251 e. The number of aryl methyl sites for hydroxylation is 1. The van der Waals surface area contributed by atoms with Crippen LogP contribution >= 0.6 is 0 Å². The first-order chi connectivity index (χ1) is 9.77. The Morgan fingerprint density at radius 1 is 1.33 bits per heavy atom. The van der Waals surface area contributed by atoms with Crippen LogP contribution in [0.3, 0.4) is 0 Å². The maximum atomic E-state index is 12.3. The average Bonchev–Trinajstić information content (AvgIpc) is 2.36. The van der Waals surface area contributed by atoms with Crippen molar-refractivity contribution in [2.24, 2.45) is 5.73 Å². The van der Waals surface area contributed by atoms with Crippen LogP contribution in [0, 0.1) is 0 Å². The highest BCUT2D eigenvalue weighted by Crippen LogP contribution is 2.14. The zero-order chi connectivity index (χ0) is 16.0. The fourth-order valence-electron chi connectivity index (χ4n) is 2.09. The number of primary amides is 1. The van der Waals surface area contributed by atoms with Crippen molar-refractivity contribution in [1.29, 1.82) is 0 Å². The lowest BCUT2D eigenvalue weighted by Gasteiger charge is -2.25. The normalized spacial score (nSPS) is 11.0. The van der Waals surface area contributed by atoms with Crippen molar-refractivity contribution in [2.75, 3.05) is 12.4 Å². The lowest BCUT2D eigenvalue weighted by Crippen LogP contribution is -2.46. The molecule has 116 valence electrons. The zero-order valence-electron chi connectivity index (χ0n) is 13.1. The molecular weight excluding hydrogens is 268 g/mol. The molecule has 4 N–H and O–H groups in total. The highest BCUT2D eigenvalue weighted by molar-refractivity contribution is 5.95. The summed E-state index contributed by atoms with van der Waals surface area (Å²) in [4.78, 5) is 27.8. The predicted molar refractivity (Wildman–Crippen MR) is 83.1 cm³/mol. The second-order valence-corrected chi connectivity index (χ2v) is 5.71. The lowest BCUT2D eigenvalue weighted by molar-refractivity contribution is -0.119. The smallest absolute Gasteiger partial charge is 0.251 e. The molecule has 0 aliphatic rings. The number of hydrogen-bond acceptors (Lipinski definition) is 4. The summed E-state index contributed by atoms with van der Waals surface area (Å²) in [5.74, 6) is -0.0334. The highest BCUT2D eigenvalue weighted by atomic mass is 16.2. The van der Waals surface area contributed by atoms with Gasteiger partial charge in [0.2, 0.25) is 5.91 Å². The van der Waals surface area contributed by atoms with E-state index in [4.69, 9.17) is 5.73 Å². The van der Waals surface area contributed by atoms with Gasteiger partial charge in [0.15, 0.2) is 0 Å². The number of nitrogens with one attached hydrogen (secondary N) is 2. The van der Waals surface area contributed by atoms with Gasteiger partial charge in [0.05, 0.1) is 0 Å². The van der Waals surface area contributed by atoms with Gasteiger partial charge in [-0.25, -0.2) is 4.98 Å². The van der Waals surface area contributed by atoms with E-state index in [0.29, 0.717) is 11.4 Å². The molecule has 6 nitrogen and oxygen atoms in total. The minimum atomic E-state index is -0.684. The molecule has 0 spiro atoms. The summed E-state index contributed by atoms with van der Waals surface area (Å²) in [5.41, 5.74) is 5.90. The van der Waals surface area contributed by atoms with Gasteiger partial charge in [-0.1, -0.05) is 13.3 Å². The standard InChI is InChI=1S/C15H24N4O2/c1-5-6-11-7-10(8-13(17-4)18-11)14(21)19-15(2,3)9-12(16)20/h7-8H,5-6,9H2,1-4H3,(H2,16,20)(H,17,18)(H,19,21). The van der Waals surface area contributed by atoms with E-state index in [2.05, 4.69) is 22.5 Å². The van der Waals surface area contributed by atoms with E-state index in [1.54, 1.807) is 33.0 Å². The highest BCUT2D eigenvalue weighted by Gasteiger charge is 2.24. The van der Waals surface area contributed by atoms with Crippen LogP contribution in [0.4, 0.5) is 5.82 Å². The van der Waals surface area contributed by atoms with Gasteiger partial charge < -0.3 is 16.4 Å². The van der Waals surface area contributed by atoms with Gasteiger partial charge in [-0.2, -0.15) is 0 Å². The summed E-state index contributed by atoms with van der Waals surface area (Å²) in [6.07, 6.45) is 1.85. The monoisotopic (exact) mass is 292 g/mol. The molecule has 0 fully saturated rings. The predicted octanol–water partition coefficient (Wildman–Crippen LogP) is 1.46. The van der Waals surface area contributed by atoms with Gasteiger partial charge in [-0.3, -0.25) is 9.59 Å². The summed E-state index contributed by atoms with van der Waals surface area (Å²) in [5, 5.41) is 5.78. The van der Waals surface area contributed by atoms with Crippen molar-refractivity contribution in [1.82, 2.24) is 10.3 Å². The van der Waals surface area contributed by atoms with Crippen molar-refractivity contribution in [3.05, 3.63) is 23.4 Å². The topological polar surface area (TPSA) is 97.1 Å². The van der Waals surface area contributed by atoms with E-state index in [1.807, 2.05) is 0 Å². The maximum absolute atomic E-state index is 12.3. The number of nitrogens with zero attached hydrogens (tertiary/aromatic N) is 1. The number of rotatable bonds is 7. The molecule has 1 heterocycles. The second kappa shape index (κ2) is 7.06. The van der Waals surface area contributed by atoms with Crippen molar-refractivity contribution in [3.63, 3.8) is 0 Å². The van der Waals surface area contributed by atoms with Gasteiger partial charge in [0.1, 0.15) is 5.82 Å². The Hall–Kier alpha value is -2.11. The second-order valence-electron chi connectivity index (χ2n) is 5.71. The van der Waals surface area contributed by atoms with Crippen LogP contribution in [-0.4, -0.2) is 29.4 Å². The lowest BCUT2D eigenvalue weighted by atomic mass is 9.99. The minimum absolute atomic E-state index is 0.0878. The minimum Gasteiger partial charge on any atom is -0.373 e. The quantitative estimate of drug-likeness (QED) is 0.708. The number of aromatic nitrogens is 1. The fourth-order valence-corrected chi connectivity index (χ4v) is 2.09. The fraction of sp³-hybridized carbons (Fsp3) is 0.533. The van der Waals surface area contributed by atoms with Crippen LogP contribution in [-0.2, 0) is 11.2 Å². The van der Waals surface area contributed by atoms with E-state index in [9.17, 15) is 9.59 Å². The Kier molecular flexibility index (Phi) is 5.69. The zero-order valence-corrected chi connectivity index (χ0v) is 13.1. The first-order valence-electron chi connectivity index (χ1n) is 7.07. The van der Waals surface area contributed by atoms with Gasteiger partial charge in [0, 0.05) is 30.3 Å². The van der Waals surface area contributed by atoms with E-state index in [-0.39, 0.29) is 12.3 Å². The molecule has 0 aliphatic heterocycles. The van der Waals surface area contributed by atoms with Crippen LogP contribution in [0.25, 0.3) is 0 Å². The molecule has 0 unspecified atom stereocenters. The van der Waals surface area contributed by atoms with E-state index in [1.165, 1.54) is 0 Å². The van der Waals surface area contributed by atoms with Crippen molar-refractivity contribution in [2.45, 2.75) is 45.6 Å². The number of hydrogen-bond donors (Lipinski definition) is 3. The van der Waals surface area contributed by atoms with Crippen LogP contribution in [0.1, 0.15) is 49.7 Å². The third-order valence-corrected chi connectivity index (χ3v) is 2.97. The molecule has 0 bridgehead atoms. The summed E-state index contributed by atoms with van der Waals surface area (Å²) in [6, 6.07) is 3.47. The van der Waals surface area contributed by atoms with Crippen LogP contribution in [0.2, 0.25) is 0 Å². The summed E-state index contributed by atoms with van der Waals surface area (Å²) in [7, 11) is 1.76. The average molecular weight is 292 g/mol. The van der Waals surface area contributed by atoms with Crippen molar-refractivity contribution < 1.29 is 9.59 Å². The number of carbonyl (C=O) groups is 2. The van der Waals surface area contributed by atoms with Gasteiger partial charge in [-0.05, 0) is 32.4 Å². The first-order valence-corrected chi connectivity index (χ1v) is 7.07. The van der Waals surface area contributed by atoms with Gasteiger partial charge in [-0.15, -0.1) is 0 Å². The molecule has 0 aliphatic carbocycles. The SMILES string of the molecule is CCCc1cc(C(=O)NC(C)(C)CC(N)=O)cc(NC)n1. The molecular formula is C15H24N4O2. The van der Waals surface area contributed by atoms with Crippen LogP contribution in [0.15, 0.2) is 12.1 Å². The van der Waals surface area contributed by atoms with Crippen molar-refractivity contribution >= 4 is 17.6 Å². The van der Waals surface area contributed by atoms with Gasteiger partial charge >= 0.3 is 0 Å².